The van der Waals surface area contributed by atoms with Crippen LogP contribution in [0.3, 0.4) is 0 Å². The summed E-state index contributed by atoms with van der Waals surface area (Å²) in [5.74, 6) is 1.78. The van der Waals surface area contributed by atoms with Crippen molar-refractivity contribution in [2.75, 3.05) is 21.3 Å². The molecule has 0 aliphatic carbocycles. The number of carbonyl (C=O) groups excluding carboxylic acids is 2. The summed E-state index contributed by atoms with van der Waals surface area (Å²) in [7, 11) is 4.66. The molecule has 7 heteroatoms. The van der Waals surface area contributed by atoms with Crippen molar-refractivity contribution in [2.45, 2.75) is 6.92 Å². The third-order valence-corrected chi connectivity index (χ3v) is 5.20. The van der Waals surface area contributed by atoms with E-state index in [9.17, 15) is 9.59 Å². The van der Waals surface area contributed by atoms with Gasteiger partial charge in [0.05, 0.1) is 32.5 Å². The van der Waals surface area contributed by atoms with Crippen LogP contribution in [0.2, 0.25) is 0 Å². The van der Waals surface area contributed by atoms with Gasteiger partial charge in [-0.1, -0.05) is 0 Å². The highest BCUT2D eigenvalue weighted by Gasteiger charge is 2.30. The standard InChI is InChI=1S/C26H22O7/c1-15-11-20(32-26(28)16-5-7-18(29-2)8-6-16)14-22-24(15)25(27)23(33-22)13-17-12-19(30-3)9-10-21(17)31-4/h5-14H,1-4H3/b23-13-. The first-order valence-electron chi connectivity index (χ1n) is 10.1. The molecule has 1 heterocycles. The third kappa shape index (κ3) is 4.39. The first kappa shape index (κ1) is 22.0. The number of fused-ring (bicyclic) bond motifs is 1. The average molecular weight is 446 g/mol. The highest BCUT2D eigenvalue weighted by atomic mass is 16.5. The first-order valence-corrected chi connectivity index (χ1v) is 10.1. The number of methoxy groups -OCH3 is 3. The summed E-state index contributed by atoms with van der Waals surface area (Å²) in [4.78, 5) is 25.5. The van der Waals surface area contributed by atoms with Crippen LogP contribution in [-0.4, -0.2) is 33.1 Å². The maximum absolute atomic E-state index is 13.0. The fourth-order valence-corrected chi connectivity index (χ4v) is 3.52. The normalized spacial score (nSPS) is 13.3. The Balaban J connectivity index is 1.61. The van der Waals surface area contributed by atoms with Crippen LogP contribution >= 0.6 is 0 Å². The SMILES string of the molecule is COc1ccc(C(=O)Oc2cc(C)c3c(c2)O/C(=C\c2cc(OC)ccc2OC)C3=O)cc1. The highest BCUT2D eigenvalue weighted by Crippen LogP contribution is 2.38. The molecule has 0 fully saturated rings. The van der Waals surface area contributed by atoms with Crippen molar-refractivity contribution in [2.24, 2.45) is 0 Å². The molecule has 4 rings (SSSR count). The Kier molecular flexibility index (Phi) is 6.04. The predicted octanol–water partition coefficient (Wildman–Crippen LogP) is 4.86. The number of allylic oxidation sites excluding steroid dienone is 1. The molecule has 0 saturated carbocycles. The Labute approximate surface area is 191 Å². The number of benzene rings is 3. The summed E-state index contributed by atoms with van der Waals surface area (Å²) in [5.41, 5.74) is 2.07. The van der Waals surface area contributed by atoms with Gasteiger partial charge in [0, 0.05) is 11.6 Å². The number of rotatable bonds is 6. The van der Waals surface area contributed by atoms with E-state index in [1.807, 2.05) is 0 Å². The molecule has 0 N–H and O–H groups in total. The van der Waals surface area contributed by atoms with Gasteiger partial charge in [-0.25, -0.2) is 4.79 Å². The molecule has 7 nitrogen and oxygen atoms in total. The Hall–Kier alpha value is -4.26. The minimum atomic E-state index is -0.529. The maximum atomic E-state index is 13.0. The smallest absolute Gasteiger partial charge is 0.343 e. The van der Waals surface area contributed by atoms with E-state index in [0.717, 1.165) is 0 Å². The van der Waals surface area contributed by atoms with Crippen LogP contribution < -0.4 is 23.7 Å². The van der Waals surface area contributed by atoms with E-state index in [1.165, 1.54) is 6.07 Å². The zero-order valence-corrected chi connectivity index (χ0v) is 18.6. The van der Waals surface area contributed by atoms with E-state index >= 15 is 0 Å². The topological polar surface area (TPSA) is 80.3 Å². The second-order valence-electron chi connectivity index (χ2n) is 7.28. The molecule has 1 aliphatic heterocycles. The molecule has 168 valence electrons. The minimum absolute atomic E-state index is 0.137. The third-order valence-electron chi connectivity index (χ3n) is 5.20. The lowest BCUT2D eigenvalue weighted by Gasteiger charge is -2.08. The number of esters is 1. The second-order valence-corrected chi connectivity index (χ2v) is 7.28. The Bertz CT molecular complexity index is 1260. The van der Waals surface area contributed by atoms with E-state index in [2.05, 4.69) is 0 Å². The van der Waals surface area contributed by atoms with Crippen LogP contribution in [-0.2, 0) is 0 Å². The molecule has 0 radical (unpaired) electrons. The van der Waals surface area contributed by atoms with E-state index in [4.69, 9.17) is 23.7 Å². The summed E-state index contributed by atoms with van der Waals surface area (Å²) in [5, 5.41) is 0. The molecule has 0 atom stereocenters. The van der Waals surface area contributed by atoms with Crippen LogP contribution in [0.5, 0.6) is 28.7 Å². The molecule has 0 saturated heterocycles. The lowest BCUT2D eigenvalue weighted by molar-refractivity contribution is 0.0734. The maximum Gasteiger partial charge on any atom is 0.343 e. The van der Waals surface area contributed by atoms with Gasteiger partial charge in [-0.2, -0.15) is 0 Å². The van der Waals surface area contributed by atoms with Crippen LogP contribution in [0.1, 0.15) is 31.8 Å². The lowest BCUT2D eigenvalue weighted by atomic mass is 10.0. The van der Waals surface area contributed by atoms with Gasteiger partial charge in [0.15, 0.2) is 5.76 Å². The second kappa shape index (κ2) is 9.08. The van der Waals surface area contributed by atoms with Crippen LogP contribution in [0.15, 0.2) is 60.4 Å². The van der Waals surface area contributed by atoms with Crippen LogP contribution in [0, 0.1) is 6.92 Å². The van der Waals surface area contributed by atoms with Crippen LogP contribution in [0.4, 0.5) is 0 Å². The van der Waals surface area contributed by atoms with Gasteiger partial charge in [0.1, 0.15) is 28.7 Å². The zero-order valence-electron chi connectivity index (χ0n) is 18.6. The fraction of sp³-hybridized carbons (Fsp3) is 0.154. The molecule has 3 aromatic carbocycles. The van der Waals surface area contributed by atoms with E-state index in [-0.39, 0.29) is 17.3 Å². The predicted molar refractivity (Wildman–Crippen MR) is 122 cm³/mol. The monoisotopic (exact) mass is 446 g/mol. The molecule has 0 spiro atoms. The molecular weight excluding hydrogens is 424 g/mol. The molecule has 0 amide bonds. The molecular formula is C26H22O7. The van der Waals surface area contributed by atoms with Crippen molar-refractivity contribution in [3.63, 3.8) is 0 Å². The van der Waals surface area contributed by atoms with Crippen molar-refractivity contribution >= 4 is 17.8 Å². The van der Waals surface area contributed by atoms with Gasteiger partial charge >= 0.3 is 5.97 Å². The minimum Gasteiger partial charge on any atom is -0.497 e. The van der Waals surface area contributed by atoms with Crippen LogP contribution in [0.25, 0.3) is 6.08 Å². The summed E-state index contributed by atoms with van der Waals surface area (Å²) in [6.45, 7) is 1.76. The van der Waals surface area contributed by atoms with Gasteiger partial charge < -0.3 is 23.7 Å². The quantitative estimate of drug-likeness (QED) is 0.304. The summed E-state index contributed by atoms with van der Waals surface area (Å²) < 4.78 is 27.1. The molecule has 3 aromatic rings. The van der Waals surface area contributed by atoms with Gasteiger partial charge in [-0.05, 0) is 67.1 Å². The number of aryl methyl sites for hydroxylation is 1. The van der Waals surface area contributed by atoms with Crippen molar-refractivity contribution in [3.05, 3.63) is 82.6 Å². The zero-order chi connectivity index (χ0) is 23.5. The number of ether oxygens (including phenoxy) is 5. The summed E-state index contributed by atoms with van der Waals surface area (Å²) in [6.07, 6.45) is 1.60. The number of Topliss-reactive ketones (excluding diaryl/α,β-unsaturated/α-hetero) is 1. The summed E-state index contributed by atoms with van der Waals surface area (Å²) >= 11 is 0. The van der Waals surface area contributed by atoms with Crippen molar-refractivity contribution in [1.82, 2.24) is 0 Å². The van der Waals surface area contributed by atoms with E-state index in [1.54, 1.807) is 82.9 Å². The molecule has 1 aliphatic rings. The average Bonchev–Trinajstić information content (AvgIpc) is 3.14. The number of hydrogen-bond acceptors (Lipinski definition) is 7. The van der Waals surface area contributed by atoms with Crippen molar-refractivity contribution in [1.29, 1.82) is 0 Å². The highest BCUT2D eigenvalue weighted by molar-refractivity contribution is 6.15. The largest absolute Gasteiger partial charge is 0.497 e. The molecule has 0 bridgehead atoms. The molecule has 33 heavy (non-hydrogen) atoms. The number of ketones is 1. The Morgan fingerprint density at radius 2 is 1.55 bits per heavy atom. The Morgan fingerprint density at radius 3 is 2.21 bits per heavy atom. The van der Waals surface area contributed by atoms with E-state index < -0.39 is 5.97 Å². The van der Waals surface area contributed by atoms with Gasteiger partial charge in [-0.15, -0.1) is 0 Å². The lowest BCUT2D eigenvalue weighted by Crippen LogP contribution is -2.08. The number of carbonyl (C=O) groups is 2. The van der Waals surface area contributed by atoms with Crippen molar-refractivity contribution in [3.8, 4) is 28.7 Å². The Morgan fingerprint density at radius 1 is 0.848 bits per heavy atom. The molecule has 0 unspecified atom stereocenters. The number of hydrogen-bond donors (Lipinski definition) is 0. The fourth-order valence-electron chi connectivity index (χ4n) is 3.52. The van der Waals surface area contributed by atoms with Gasteiger partial charge in [0.25, 0.3) is 0 Å². The van der Waals surface area contributed by atoms with Gasteiger partial charge in [-0.3, -0.25) is 4.79 Å². The van der Waals surface area contributed by atoms with Gasteiger partial charge in [0.2, 0.25) is 5.78 Å². The first-order chi connectivity index (χ1) is 15.9. The van der Waals surface area contributed by atoms with Crippen molar-refractivity contribution < 1.29 is 33.3 Å². The summed E-state index contributed by atoms with van der Waals surface area (Å²) in [6, 6.07) is 15.0. The van der Waals surface area contributed by atoms with E-state index in [0.29, 0.717) is 45.3 Å². The molecule has 0 aromatic heterocycles.